The van der Waals surface area contributed by atoms with Crippen molar-refractivity contribution in [3.8, 4) is 6.07 Å². The molecule has 2 aliphatic carbocycles. The highest BCUT2D eigenvalue weighted by Crippen LogP contribution is 2.64. The first-order valence-corrected chi connectivity index (χ1v) is 12.6. The van der Waals surface area contributed by atoms with Crippen LogP contribution in [-0.2, 0) is 19.2 Å². The topological polar surface area (TPSA) is 96.6 Å². The van der Waals surface area contributed by atoms with Gasteiger partial charge in [0.15, 0.2) is 0 Å². The van der Waals surface area contributed by atoms with Gasteiger partial charge in [-0.15, -0.1) is 0 Å². The minimum Gasteiger partial charge on any atom is -0.299 e. The summed E-state index contributed by atoms with van der Waals surface area (Å²) in [5.41, 5.74) is 1.34. The van der Waals surface area contributed by atoms with Crippen molar-refractivity contribution in [2.45, 2.75) is 40.0 Å². The molecule has 3 aliphatic rings. The number of benzene rings is 1. The van der Waals surface area contributed by atoms with Gasteiger partial charge >= 0.3 is 10.1 Å². The summed E-state index contributed by atoms with van der Waals surface area (Å²) < 4.78 is 30.7. The highest BCUT2D eigenvalue weighted by atomic mass is 32.2. The Morgan fingerprint density at radius 2 is 2.10 bits per heavy atom. The van der Waals surface area contributed by atoms with Gasteiger partial charge in [-0.25, -0.2) is 0 Å². The number of carbonyl (C=O) groups excluding carboxylic acids is 1. The Labute approximate surface area is 187 Å². The molecule has 1 aliphatic heterocycles. The number of hydrogen-bond donors (Lipinski definition) is 0. The molecule has 0 radical (unpaired) electrons. The molecule has 8 heteroatoms. The Bertz CT molecular complexity index is 1190. The third-order valence-electron chi connectivity index (χ3n) is 7.24. The van der Waals surface area contributed by atoms with Gasteiger partial charge in [0.2, 0.25) is 0 Å². The first kappa shape index (κ1) is 21.8. The molecule has 2 atom stereocenters. The standard InChI is InChI=1S/C23H24N2O4S2/c1-15-6-4-5-7-17(15)19(13-24)18-9-11-30-21(18)25-29-31(27,28)14-23-10-8-16(12-20(23)26)22(23,2)3/h4-7,9,11,16H,8,10,12,14H2,1-3H3/b19-18+,25-21-. The normalized spacial score (nSPS) is 29.4. The molecule has 1 aromatic carbocycles. The van der Waals surface area contributed by atoms with Crippen LogP contribution in [0.5, 0.6) is 0 Å². The molecule has 4 rings (SSSR count). The van der Waals surface area contributed by atoms with Crippen molar-refractivity contribution in [1.29, 1.82) is 5.26 Å². The van der Waals surface area contributed by atoms with Crippen molar-refractivity contribution >= 4 is 38.3 Å². The number of hydrogen-bond acceptors (Lipinski definition) is 7. The summed E-state index contributed by atoms with van der Waals surface area (Å²) >= 11 is 1.20. The zero-order valence-corrected chi connectivity index (χ0v) is 19.3. The van der Waals surface area contributed by atoms with E-state index in [-0.39, 0.29) is 22.9 Å². The van der Waals surface area contributed by atoms with E-state index in [1.807, 2.05) is 45.0 Å². The van der Waals surface area contributed by atoms with Gasteiger partial charge in [-0.3, -0.25) is 9.08 Å². The minimum atomic E-state index is -4.08. The van der Waals surface area contributed by atoms with Gasteiger partial charge in [-0.05, 0) is 53.7 Å². The van der Waals surface area contributed by atoms with Crippen LogP contribution in [0.4, 0.5) is 0 Å². The summed E-state index contributed by atoms with van der Waals surface area (Å²) in [6.07, 6.45) is 3.59. The van der Waals surface area contributed by atoms with E-state index in [1.54, 1.807) is 11.5 Å². The van der Waals surface area contributed by atoms with Gasteiger partial charge in [0.25, 0.3) is 0 Å². The molecule has 2 bridgehead atoms. The van der Waals surface area contributed by atoms with Crippen LogP contribution >= 0.6 is 11.8 Å². The third-order valence-corrected chi connectivity index (χ3v) is 9.17. The largest absolute Gasteiger partial charge is 0.329 e. The molecular formula is C23H24N2O4S2. The second-order valence-corrected chi connectivity index (χ2v) is 11.4. The van der Waals surface area contributed by atoms with Crippen LogP contribution in [0.25, 0.3) is 5.57 Å². The van der Waals surface area contributed by atoms with Gasteiger partial charge < -0.3 is 0 Å². The van der Waals surface area contributed by atoms with Crippen LogP contribution in [0.2, 0.25) is 0 Å². The third kappa shape index (κ3) is 3.54. The Morgan fingerprint density at radius 3 is 2.71 bits per heavy atom. The Balaban J connectivity index is 1.62. The first-order valence-electron chi connectivity index (χ1n) is 10.2. The van der Waals surface area contributed by atoms with Gasteiger partial charge in [-0.2, -0.15) is 13.7 Å². The molecule has 6 nitrogen and oxygen atoms in total. The maximum atomic E-state index is 12.8. The Hall–Kier alpha value is -2.37. The number of nitriles is 1. The monoisotopic (exact) mass is 456 g/mol. The fraction of sp³-hybridized carbons (Fsp3) is 0.435. The number of oxime groups is 1. The summed E-state index contributed by atoms with van der Waals surface area (Å²) in [4.78, 5) is 12.7. The lowest BCUT2D eigenvalue weighted by Crippen LogP contribution is -2.42. The van der Waals surface area contributed by atoms with Crippen molar-refractivity contribution in [1.82, 2.24) is 0 Å². The molecule has 1 aromatic rings. The van der Waals surface area contributed by atoms with E-state index in [4.69, 9.17) is 4.28 Å². The van der Waals surface area contributed by atoms with Gasteiger partial charge in [0, 0.05) is 12.0 Å². The van der Waals surface area contributed by atoms with Gasteiger partial charge in [-0.1, -0.05) is 55.0 Å². The van der Waals surface area contributed by atoms with E-state index in [9.17, 15) is 18.5 Å². The molecular weight excluding hydrogens is 432 g/mol. The molecule has 0 amide bonds. The highest BCUT2D eigenvalue weighted by molar-refractivity contribution is 8.17. The van der Waals surface area contributed by atoms with E-state index in [2.05, 4.69) is 11.2 Å². The van der Waals surface area contributed by atoms with Gasteiger partial charge in [0.1, 0.15) is 22.6 Å². The van der Waals surface area contributed by atoms with Crippen LogP contribution < -0.4 is 0 Å². The molecule has 0 spiro atoms. The average Bonchev–Trinajstić information content (AvgIpc) is 3.31. The summed E-state index contributed by atoms with van der Waals surface area (Å²) in [5, 5.41) is 15.7. The van der Waals surface area contributed by atoms with E-state index in [1.165, 1.54) is 11.8 Å². The maximum absolute atomic E-state index is 12.8. The number of nitrogens with zero attached hydrogens (tertiary/aromatic N) is 2. The quantitative estimate of drug-likeness (QED) is 0.475. The summed E-state index contributed by atoms with van der Waals surface area (Å²) in [5.74, 6) is -0.130. The Kier molecular flexibility index (Phi) is 5.39. The predicted molar refractivity (Wildman–Crippen MR) is 121 cm³/mol. The Morgan fingerprint density at radius 1 is 1.35 bits per heavy atom. The first-order chi connectivity index (χ1) is 14.6. The van der Waals surface area contributed by atoms with Gasteiger partial charge in [0.05, 0.1) is 11.0 Å². The van der Waals surface area contributed by atoms with E-state index in [0.717, 1.165) is 17.5 Å². The summed E-state index contributed by atoms with van der Waals surface area (Å²) in [7, 11) is -4.08. The highest BCUT2D eigenvalue weighted by Gasteiger charge is 2.65. The van der Waals surface area contributed by atoms with Crippen LogP contribution in [0, 0.1) is 35.0 Å². The molecule has 2 fully saturated rings. The van der Waals surface area contributed by atoms with Crippen LogP contribution in [0.3, 0.4) is 0 Å². The van der Waals surface area contributed by atoms with Crippen LogP contribution in [0.15, 0.2) is 46.5 Å². The second kappa shape index (κ2) is 7.64. The number of Topliss-reactive ketones (excluding diaryl/α,β-unsaturated/α-hetero) is 1. The van der Waals surface area contributed by atoms with Crippen molar-refractivity contribution in [3.05, 3.63) is 52.4 Å². The van der Waals surface area contributed by atoms with E-state index >= 15 is 0 Å². The summed E-state index contributed by atoms with van der Waals surface area (Å²) in [6, 6.07) is 9.70. The number of ketones is 1. The zero-order chi connectivity index (χ0) is 22.4. The molecule has 0 saturated heterocycles. The van der Waals surface area contributed by atoms with Crippen LogP contribution in [0.1, 0.15) is 44.2 Å². The smallest absolute Gasteiger partial charge is 0.299 e. The van der Waals surface area contributed by atoms with Crippen molar-refractivity contribution in [3.63, 3.8) is 0 Å². The zero-order valence-electron chi connectivity index (χ0n) is 17.7. The molecule has 0 aromatic heterocycles. The van der Waals surface area contributed by atoms with Crippen molar-refractivity contribution in [2.24, 2.45) is 21.9 Å². The molecule has 0 N–H and O–H groups in total. The van der Waals surface area contributed by atoms with Crippen LogP contribution in [-0.4, -0.2) is 25.0 Å². The number of thioether (sulfide) groups is 1. The second-order valence-electron chi connectivity index (χ2n) is 8.98. The molecule has 2 unspecified atom stereocenters. The van der Waals surface area contributed by atoms with E-state index < -0.39 is 15.5 Å². The number of fused-ring (bicyclic) bond motifs is 2. The van der Waals surface area contributed by atoms with Crippen molar-refractivity contribution < 1.29 is 17.5 Å². The maximum Gasteiger partial charge on any atom is 0.329 e. The predicted octanol–water partition coefficient (Wildman–Crippen LogP) is 4.59. The fourth-order valence-corrected chi connectivity index (χ4v) is 7.49. The number of rotatable bonds is 5. The average molecular weight is 457 g/mol. The fourth-order valence-electron chi connectivity index (χ4n) is 5.21. The lowest BCUT2D eigenvalue weighted by molar-refractivity contribution is -0.128. The lowest BCUT2D eigenvalue weighted by Gasteiger charge is -2.35. The molecule has 1 heterocycles. The number of carbonyl (C=O) groups is 1. The van der Waals surface area contributed by atoms with Crippen molar-refractivity contribution in [2.75, 3.05) is 5.75 Å². The molecule has 2 saturated carbocycles. The minimum absolute atomic E-state index is 0.0115. The lowest BCUT2D eigenvalue weighted by atomic mass is 9.70. The van der Waals surface area contributed by atoms with E-state index in [0.29, 0.717) is 29.0 Å². The molecule has 31 heavy (non-hydrogen) atoms. The SMILES string of the molecule is Cc1ccccc1/C(C#N)=C1\C=CS\C1=N/OS(=O)(=O)CC12CCC(CC1=O)C2(C)C. The number of aryl methyl sites for hydroxylation is 1. The summed E-state index contributed by atoms with van der Waals surface area (Å²) in [6.45, 7) is 5.87. The number of allylic oxidation sites excluding steroid dienone is 2. The molecule has 162 valence electrons.